The van der Waals surface area contributed by atoms with Crippen molar-refractivity contribution in [3.63, 3.8) is 0 Å². The Balaban J connectivity index is 1.50. The van der Waals surface area contributed by atoms with Crippen molar-refractivity contribution in [1.82, 2.24) is 15.2 Å². The van der Waals surface area contributed by atoms with Crippen molar-refractivity contribution in [3.8, 4) is 16.2 Å². The molecule has 0 unspecified atom stereocenters. The summed E-state index contributed by atoms with van der Waals surface area (Å²) in [5.74, 6) is 0.128. The van der Waals surface area contributed by atoms with E-state index in [9.17, 15) is 9.90 Å². The number of pyridine rings is 1. The van der Waals surface area contributed by atoms with Crippen molar-refractivity contribution in [3.05, 3.63) is 47.5 Å². The third kappa shape index (κ3) is 3.18. The average Bonchev–Trinajstić information content (AvgIpc) is 3.07. The first kappa shape index (κ1) is 17.0. The number of hydrogen-bond acceptors (Lipinski definition) is 5. The van der Waals surface area contributed by atoms with E-state index in [0.717, 1.165) is 28.7 Å². The summed E-state index contributed by atoms with van der Waals surface area (Å²) in [6, 6.07) is 10.2. The zero-order valence-electron chi connectivity index (χ0n) is 14.8. The highest BCUT2D eigenvalue weighted by Crippen LogP contribution is 2.34. The third-order valence-electron chi connectivity index (χ3n) is 5.01. The highest BCUT2D eigenvalue weighted by Gasteiger charge is 2.31. The molecule has 0 atom stereocenters. The summed E-state index contributed by atoms with van der Waals surface area (Å²) >= 11 is 1.51. The average molecular weight is 367 g/mol. The van der Waals surface area contributed by atoms with Gasteiger partial charge in [-0.2, -0.15) is 0 Å². The van der Waals surface area contributed by atoms with Crippen molar-refractivity contribution in [2.45, 2.75) is 24.9 Å². The Morgan fingerprint density at radius 3 is 2.88 bits per heavy atom. The number of aromatic nitrogens is 1. The third-order valence-corrected chi connectivity index (χ3v) is 5.99. The summed E-state index contributed by atoms with van der Waals surface area (Å²) in [4.78, 5) is 19.8. The normalized spacial score (nSPS) is 19.5. The molecule has 0 spiro atoms. The van der Waals surface area contributed by atoms with Crippen molar-refractivity contribution < 1.29 is 9.90 Å². The Morgan fingerprint density at radius 2 is 2.12 bits per heavy atom. The quantitative estimate of drug-likeness (QED) is 0.741. The van der Waals surface area contributed by atoms with Crippen LogP contribution in [0.15, 0.2) is 41.9 Å². The van der Waals surface area contributed by atoms with Gasteiger partial charge in [0.2, 0.25) is 0 Å². The Bertz CT molecular complexity index is 961. The second-order valence-corrected chi connectivity index (χ2v) is 7.94. The SMILES string of the molecule is CN(C)[C@H]1C[C@@H](NC(=O)c2csc(-c3cc(O)c4ncccc4c3)c2)C1. The van der Waals surface area contributed by atoms with Gasteiger partial charge in [0.1, 0.15) is 11.3 Å². The van der Waals surface area contributed by atoms with Gasteiger partial charge in [0, 0.05) is 33.9 Å². The molecule has 2 aromatic heterocycles. The number of carbonyl (C=O) groups excluding carboxylic acids is 1. The number of phenolic OH excluding ortho intramolecular Hbond substituents is 1. The van der Waals surface area contributed by atoms with Gasteiger partial charge < -0.3 is 15.3 Å². The fourth-order valence-corrected chi connectivity index (χ4v) is 4.20. The molecule has 0 saturated heterocycles. The van der Waals surface area contributed by atoms with Crippen LogP contribution in [0.3, 0.4) is 0 Å². The molecule has 0 radical (unpaired) electrons. The standard InChI is InChI=1S/C20H21N3O2S/c1-23(2)16-9-15(10-16)22-20(25)14-8-18(26-11-14)13-6-12-4-3-5-21-19(12)17(24)7-13/h3-8,11,15-16,24H,9-10H2,1-2H3,(H,22,25)/t15-,16+. The number of benzene rings is 1. The van der Waals surface area contributed by atoms with E-state index in [0.29, 0.717) is 17.1 Å². The second-order valence-electron chi connectivity index (χ2n) is 7.03. The summed E-state index contributed by atoms with van der Waals surface area (Å²) < 4.78 is 0. The zero-order valence-corrected chi connectivity index (χ0v) is 15.6. The van der Waals surface area contributed by atoms with E-state index in [4.69, 9.17) is 0 Å². The Morgan fingerprint density at radius 1 is 1.31 bits per heavy atom. The van der Waals surface area contributed by atoms with Crippen LogP contribution in [-0.2, 0) is 0 Å². The van der Waals surface area contributed by atoms with Crippen molar-refractivity contribution in [1.29, 1.82) is 0 Å². The minimum atomic E-state index is -0.0265. The van der Waals surface area contributed by atoms with E-state index in [2.05, 4.69) is 29.3 Å². The molecule has 2 heterocycles. The Kier molecular flexibility index (Phi) is 4.38. The van der Waals surface area contributed by atoms with E-state index < -0.39 is 0 Å². The lowest BCUT2D eigenvalue weighted by Crippen LogP contribution is -2.51. The largest absolute Gasteiger partial charge is 0.506 e. The lowest BCUT2D eigenvalue weighted by atomic mass is 9.86. The number of carbonyl (C=O) groups is 1. The molecule has 134 valence electrons. The van der Waals surface area contributed by atoms with E-state index in [1.165, 1.54) is 11.3 Å². The van der Waals surface area contributed by atoms with Crippen LogP contribution in [0.25, 0.3) is 21.3 Å². The van der Waals surface area contributed by atoms with E-state index in [-0.39, 0.29) is 17.7 Å². The molecule has 1 aromatic carbocycles. The molecule has 1 aliphatic rings. The van der Waals surface area contributed by atoms with Gasteiger partial charge >= 0.3 is 0 Å². The molecular formula is C20H21N3O2S. The Hall–Kier alpha value is -2.44. The number of amides is 1. The predicted octanol–water partition coefficient (Wildman–Crippen LogP) is 3.49. The second kappa shape index (κ2) is 6.70. The fourth-order valence-electron chi connectivity index (χ4n) is 3.32. The smallest absolute Gasteiger partial charge is 0.252 e. The van der Waals surface area contributed by atoms with Crippen LogP contribution in [0.2, 0.25) is 0 Å². The first-order valence-electron chi connectivity index (χ1n) is 8.65. The molecule has 2 N–H and O–H groups in total. The molecule has 5 nitrogen and oxygen atoms in total. The monoisotopic (exact) mass is 367 g/mol. The Labute approximate surface area is 156 Å². The summed E-state index contributed by atoms with van der Waals surface area (Å²) in [5, 5.41) is 16.1. The molecule has 1 aliphatic carbocycles. The van der Waals surface area contributed by atoms with Crippen LogP contribution < -0.4 is 5.32 Å². The number of fused-ring (bicyclic) bond motifs is 1. The van der Waals surface area contributed by atoms with Gasteiger partial charge in [-0.3, -0.25) is 9.78 Å². The predicted molar refractivity (Wildman–Crippen MR) is 105 cm³/mol. The molecule has 1 fully saturated rings. The maximum absolute atomic E-state index is 12.5. The zero-order chi connectivity index (χ0) is 18.3. The number of phenols is 1. The minimum absolute atomic E-state index is 0.0265. The lowest BCUT2D eigenvalue weighted by molar-refractivity contribution is 0.0854. The molecular weight excluding hydrogens is 346 g/mol. The maximum Gasteiger partial charge on any atom is 0.252 e. The van der Waals surface area contributed by atoms with E-state index >= 15 is 0 Å². The molecule has 6 heteroatoms. The summed E-state index contributed by atoms with van der Waals surface area (Å²) in [6.45, 7) is 0. The lowest BCUT2D eigenvalue weighted by Gasteiger charge is -2.39. The van der Waals surface area contributed by atoms with Gasteiger partial charge in [-0.15, -0.1) is 11.3 Å². The number of hydrogen-bond donors (Lipinski definition) is 2. The van der Waals surface area contributed by atoms with Gasteiger partial charge in [0.15, 0.2) is 0 Å². The van der Waals surface area contributed by atoms with E-state index in [1.807, 2.05) is 29.6 Å². The van der Waals surface area contributed by atoms with Crippen LogP contribution in [0.4, 0.5) is 0 Å². The van der Waals surface area contributed by atoms with Gasteiger partial charge in [-0.1, -0.05) is 6.07 Å². The molecule has 3 aromatic rings. The highest BCUT2D eigenvalue weighted by atomic mass is 32.1. The van der Waals surface area contributed by atoms with Crippen molar-refractivity contribution in [2.75, 3.05) is 14.1 Å². The van der Waals surface area contributed by atoms with Gasteiger partial charge in [-0.25, -0.2) is 0 Å². The summed E-state index contributed by atoms with van der Waals surface area (Å²) in [6.07, 6.45) is 3.67. The first-order chi connectivity index (χ1) is 12.5. The van der Waals surface area contributed by atoms with Crippen LogP contribution in [0.5, 0.6) is 5.75 Å². The maximum atomic E-state index is 12.5. The summed E-state index contributed by atoms with van der Waals surface area (Å²) in [7, 11) is 4.14. The topological polar surface area (TPSA) is 65.5 Å². The molecule has 0 aliphatic heterocycles. The van der Waals surface area contributed by atoms with Crippen molar-refractivity contribution in [2.24, 2.45) is 0 Å². The minimum Gasteiger partial charge on any atom is -0.506 e. The van der Waals surface area contributed by atoms with Crippen LogP contribution >= 0.6 is 11.3 Å². The summed E-state index contributed by atoms with van der Waals surface area (Å²) in [5.41, 5.74) is 2.15. The molecule has 4 rings (SSSR count). The fraction of sp³-hybridized carbons (Fsp3) is 0.300. The molecule has 26 heavy (non-hydrogen) atoms. The van der Waals surface area contributed by atoms with Crippen LogP contribution in [0, 0.1) is 0 Å². The van der Waals surface area contributed by atoms with Gasteiger partial charge in [0.25, 0.3) is 5.91 Å². The molecule has 1 saturated carbocycles. The first-order valence-corrected chi connectivity index (χ1v) is 9.53. The van der Waals surface area contributed by atoms with Crippen molar-refractivity contribution >= 4 is 28.1 Å². The number of nitrogens with one attached hydrogen (secondary N) is 1. The van der Waals surface area contributed by atoms with E-state index in [1.54, 1.807) is 12.3 Å². The highest BCUT2D eigenvalue weighted by molar-refractivity contribution is 7.13. The number of rotatable bonds is 4. The number of nitrogens with zero attached hydrogens (tertiary/aromatic N) is 2. The molecule has 1 amide bonds. The molecule has 0 bridgehead atoms. The van der Waals surface area contributed by atoms with Crippen LogP contribution in [-0.4, -0.2) is 47.1 Å². The number of aromatic hydroxyl groups is 1. The van der Waals surface area contributed by atoms with Crippen LogP contribution in [0.1, 0.15) is 23.2 Å². The van der Waals surface area contributed by atoms with Gasteiger partial charge in [-0.05, 0) is 56.8 Å². The number of thiophene rings is 1. The van der Waals surface area contributed by atoms with Gasteiger partial charge in [0.05, 0.1) is 5.56 Å².